The Hall–Kier alpha value is -2.54. The van der Waals surface area contributed by atoms with E-state index in [2.05, 4.69) is 4.98 Å². The number of rotatable bonds is 5. The molecule has 0 aliphatic heterocycles. The van der Waals surface area contributed by atoms with Crippen molar-refractivity contribution in [2.24, 2.45) is 0 Å². The molecular weight excluding hydrogens is 343 g/mol. The van der Waals surface area contributed by atoms with Gasteiger partial charge in [0, 0.05) is 17.8 Å². The van der Waals surface area contributed by atoms with Crippen LogP contribution in [0.3, 0.4) is 0 Å². The number of benzene rings is 1. The van der Waals surface area contributed by atoms with E-state index in [0.717, 1.165) is 10.4 Å². The lowest BCUT2D eigenvalue weighted by molar-refractivity contribution is -0.137. The summed E-state index contributed by atoms with van der Waals surface area (Å²) in [6, 6.07) is 6.31. The lowest BCUT2D eigenvalue weighted by Crippen LogP contribution is -2.26. The normalized spacial score (nSPS) is 11.2. The fourth-order valence-corrected chi connectivity index (χ4v) is 3.79. The van der Waals surface area contributed by atoms with Crippen molar-refractivity contribution in [1.29, 1.82) is 0 Å². The van der Waals surface area contributed by atoms with Crippen LogP contribution in [-0.2, 0) is 17.8 Å². The predicted octanol–water partition coefficient (Wildman–Crippen LogP) is 3.28. The van der Waals surface area contributed by atoms with Gasteiger partial charge in [0.1, 0.15) is 16.5 Å². The summed E-state index contributed by atoms with van der Waals surface area (Å²) in [5.41, 5.74) is 1.02. The van der Waals surface area contributed by atoms with Crippen molar-refractivity contribution in [2.45, 2.75) is 33.2 Å². The smallest absolute Gasteiger partial charge is 0.305 e. The molecule has 7 heteroatoms. The van der Waals surface area contributed by atoms with Gasteiger partial charge in [-0.2, -0.15) is 0 Å². The summed E-state index contributed by atoms with van der Waals surface area (Å²) < 4.78 is 15.4. The molecule has 2 aromatic heterocycles. The fourth-order valence-electron chi connectivity index (χ4n) is 2.75. The van der Waals surface area contributed by atoms with Gasteiger partial charge in [0.15, 0.2) is 0 Å². The van der Waals surface area contributed by atoms with Gasteiger partial charge in [0.2, 0.25) is 0 Å². The van der Waals surface area contributed by atoms with Gasteiger partial charge in [-0.05, 0) is 31.0 Å². The molecule has 0 fully saturated rings. The zero-order chi connectivity index (χ0) is 18.1. The van der Waals surface area contributed by atoms with E-state index < -0.39 is 5.97 Å². The number of carboxylic acids is 1. The second-order valence-corrected chi connectivity index (χ2v) is 7.06. The zero-order valence-electron chi connectivity index (χ0n) is 13.9. The summed E-state index contributed by atoms with van der Waals surface area (Å²) in [5, 5.41) is 9.49. The van der Waals surface area contributed by atoms with Crippen LogP contribution in [0.4, 0.5) is 4.39 Å². The van der Waals surface area contributed by atoms with E-state index in [9.17, 15) is 14.0 Å². The molecule has 1 N–H and O–H groups in total. The number of fused-ring (bicyclic) bond motifs is 1. The third kappa shape index (κ3) is 3.32. The SMILES string of the molecule is Cc1sc2nc(Cc3ccccc3F)n(CCC(=O)O)c(=O)c2c1C. The Balaban J connectivity index is 2.18. The summed E-state index contributed by atoms with van der Waals surface area (Å²) in [4.78, 5) is 30.0. The van der Waals surface area contributed by atoms with Crippen molar-refractivity contribution in [3.8, 4) is 0 Å². The van der Waals surface area contributed by atoms with Gasteiger partial charge in [-0.1, -0.05) is 18.2 Å². The molecule has 0 aliphatic rings. The molecule has 0 bridgehead atoms. The minimum Gasteiger partial charge on any atom is -0.481 e. The Bertz CT molecular complexity index is 1020. The lowest BCUT2D eigenvalue weighted by atomic mass is 10.1. The molecule has 0 amide bonds. The number of aryl methyl sites for hydroxylation is 2. The molecule has 25 heavy (non-hydrogen) atoms. The van der Waals surface area contributed by atoms with Crippen LogP contribution in [0.5, 0.6) is 0 Å². The first-order chi connectivity index (χ1) is 11.9. The van der Waals surface area contributed by atoms with Crippen LogP contribution in [0.15, 0.2) is 29.1 Å². The minimum atomic E-state index is -0.998. The van der Waals surface area contributed by atoms with E-state index in [1.165, 1.54) is 22.0 Å². The second-order valence-electron chi connectivity index (χ2n) is 5.86. The molecule has 2 heterocycles. The van der Waals surface area contributed by atoms with Crippen LogP contribution in [-0.4, -0.2) is 20.6 Å². The number of aliphatic carboxylic acids is 1. The molecule has 0 atom stereocenters. The van der Waals surface area contributed by atoms with E-state index >= 15 is 0 Å². The number of thiophene rings is 1. The highest BCUT2D eigenvalue weighted by molar-refractivity contribution is 7.18. The number of hydrogen-bond acceptors (Lipinski definition) is 4. The van der Waals surface area contributed by atoms with E-state index in [0.29, 0.717) is 21.6 Å². The first-order valence-corrected chi connectivity index (χ1v) is 8.64. The Labute approximate surface area is 147 Å². The van der Waals surface area contributed by atoms with Gasteiger partial charge in [0.25, 0.3) is 5.56 Å². The minimum absolute atomic E-state index is 0.00915. The topological polar surface area (TPSA) is 72.2 Å². The average Bonchev–Trinajstić information content (AvgIpc) is 2.83. The predicted molar refractivity (Wildman–Crippen MR) is 94.8 cm³/mol. The highest BCUT2D eigenvalue weighted by atomic mass is 32.1. The summed E-state index contributed by atoms with van der Waals surface area (Å²) in [5.74, 6) is -0.993. The van der Waals surface area contributed by atoms with Gasteiger partial charge < -0.3 is 5.11 Å². The van der Waals surface area contributed by atoms with E-state index in [1.807, 2.05) is 13.8 Å². The first-order valence-electron chi connectivity index (χ1n) is 7.83. The first kappa shape index (κ1) is 17.3. The number of carboxylic acid groups (broad SMARTS) is 1. The van der Waals surface area contributed by atoms with Gasteiger partial charge in [0.05, 0.1) is 11.8 Å². The maximum atomic E-state index is 14.0. The van der Waals surface area contributed by atoms with Gasteiger partial charge in [-0.15, -0.1) is 11.3 Å². The molecule has 3 aromatic rings. The maximum absolute atomic E-state index is 14.0. The summed E-state index contributed by atoms with van der Waals surface area (Å²) in [6.45, 7) is 3.78. The number of nitrogens with zero attached hydrogens (tertiary/aromatic N) is 2. The molecule has 0 radical (unpaired) electrons. The number of carbonyl (C=O) groups is 1. The number of halogens is 1. The van der Waals surface area contributed by atoms with E-state index in [1.54, 1.807) is 18.2 Å². The highest BCUT2D eigenvalue weighted by Gasteiger charge is 2.18. The van der Waals surface area contributed by atoms with Gasteiger partial charge in [-0.25, -0.2) is 9.37 Å². The Morgan fingerprint density at radius 1 is 1.32 bits per heavy atom. The van der Waals surface area contributed by atoms with Crippen LogP contribution in [0, 0.1) is 19.7 Å². The molecule has 1 aromatic carbocycles. The molecular formula is C18H17FN2O3S. The average molecular weight is 360 g/mol. The van der Waals surface area contributed by atoms with Crippen LogP contribution in [0.25, 0.3) is 10.2 Å². The number of hydrogen-bond donors (Lipinski definition) is 1. The molecule has 0 saturated carbocycles. The Morgan fingerprint density at radius 2 is 2.04 bits per heavy atom. The van der Waals surface area contributed by atoms with Crippen molar-refractivity contribution in [1.82, 2.24) is 9.55 Å². The second kappa shape index (κ2) is 6.76. The maximum Gasteiger partial charge on any atom is 0.305 e. The molecule has 0 saturated heterocycles. The van der Waals surface area contributed by atoms with E-state index in [-0.39, 0.29) is 30.8 Å². The molecule has 130 valence electrons. The fraction of sp³-hybridized carbons (Fsp3) is 0.278. The lowest BCUT2D eigenvalue weighted by Gasteiger charge is -2.12. The molecule has 0 spiro atoms. The summed E-state index contributed by atoms with van der Waals surface area (Å²) in [7, 11) is 0. The van der Waals surface area contributed by atoms with Crippen LogP contribution in [0.2, 0.25) is 0 Å². The van der Waals surface area contributed by atoms with Crippen molar-refractivity contribution in [2.75, 3.05) is 0 Å². The Kier molecular flexibility index (Phi) is 4.67. The molecule has 0 unspecified atom stereocenters. The van der Waals surface area contributed by atoms with Crippen LogP contribution < -0.4 is 5.56 Å². The van der Waals surface area contributed by atoms with E-state index in [4.69, 9.17) is 5.11 Å². The standard InChI is InChI=1S/C18H17FN2O3S/c1-10-11(2)25-17-16(10)18(24)21(8-7-15(22)23)14(20-17)9-12-5-3-4-6-13(12)19/h3-6H,7-9H2,1-2H3,(H,22,23). The molecule has 0 aliphatic carbocycles. The van der Waals surface area contributed by atoms with Crippen LogP contribution in [0.1, 0.15) is 28.2 Å². The summed E-state index contributed by atoms with van der Waals surface area (Å²) >= 11 is 1.42. The quantitative estimate of drug-likeness (QED) is 0.758. The van der Waals surface area contributed by atoms with Gasteiger partial charge >= 0.3 is 5.97 Å². The van der Waals surface area contributed by atoms with Gasteiger partial charge in [-0.3, -0.25) is 14.2 Å². The van der Waals surface area contributed by atoms with Crippen molar-refractivity contribution in [3.05, 3.63) is 62.3 Å². The van der Waals surface area contributed by atoms with Crippen LogP contribution >= 0.6 is 11.3 Å². The molecule has 5 nitrogen and oxygen atoms in total. The van der Waals surface area contributed by atoms with Crippen molar-refractivity contribution < 1.29 is 14.3 Å². The Morgan fingerprint density at radius 3 is 2.72 bits per heavy atom. The monoisotopic (exact) mass is 360 g/mol. The van der Waals surface area contributed by atoms with Crippen molar-refractivity contribution in [3.63, 3.8) is 0 Å². The number of aromatic nitrogens is 2. The highest BCUT2D eigenvalue weighted by Crippen LogP contribution is 2.27. The third-order valence-electron chi connectivity index (χ3n) is 4.22. The largest absolute Gasteiger partial charge is 0.481 e. The van der Waals surface area contributed by atoms with Crippen molar-refractivity contribution >= 4 is 27.5 Å². The summed E-state index contributed by atoms with van der Waals surface area (Å²) in [6.07, 6.45) is -0.0625. The third-order valence-corrected chi connectivity index (χ3v) is 5.32. The zero-order valence-corrected chi connectivity index (χ0v) is 14.7. The molecule has 3 rings (SSSR count).